The molecule has 0 aliphatic carbocycles. The van der Waals surface area contributed by atoms with Gasteiger partial charge in [0.05, 0.1) is 18.9 Å². The Labute approximate surface area is 153 Å². The maximum Gasteiger partial charge on any atom is 0.311 e. The van der Waals surface area contributed by atoms with E-state index >= 15 is 0 Å². The molecule has 8 heteroatoms. The summed E-state index contributed by atoms with van der Waals surface area (Å²) in [5, 5.41) is 2.65. The topological polar surface area (TPSA) is 102 Å². The van der Waals surface area contributed by atoms with Crippen LogP contribution in [0.4, 0.5) is 0 Å². The number of piperidine rings is 2. The van der Waals surface area contributed by atoms with Crippen LogP contribution in [0.5, 0.6) is 0 Å². The Hall–Kier alpha value is -2.12. The number of esters is 2. The quantitative estimate of drug-likeness (QED) is 0.709. The van der Waals surface area contributed by atoms with Gasteiger partial charge in [0.15, 0.2) is 6.10 Å². The van der Waals surface area contributed by atoms with Crippen LogP contribution in [0.1, 0.15) is 39.5 Å². The van der Waals surface area contributed by atoms with Gasteiger partial charge in [-0.2, -0.15) is 0 Å². The maximum absolute atomic E-state index is 12.8. The van der Waals surface area contributed by atoms with Crippen molar-refractivity contribution in [2.45, 2.75) is 45.6 Å². The van der Waals surface area contributed by atoms with Crippen LogP contribution >= 0.6 is 0 Å². The van der Waals surface area contributed by atoms with Crippen LogP contribution in [-0.4, -0.2) is 61.5 Å². The lowest BCUT2D eigenvalue weighted by Gasteiger charge is -2.34. The average Bonchev–Trinajstić information content (AvgIpc) is 2.65. The number of hydrogen-bond donors (Lipinski definition) is 1. The minimum absolute atomic E-state index is 0.0704. The zero-order valence-corrected chi connectivity index (χ0v) is 15.7. The zero-order valence-electron chi connectivity index (χ0n) is 15.7. The summed E-state index contributed by atoms with van der Waals surface area (Å²) in [5.74, 6) is -1.75. The lowest BCUT2D eigenvalue weighted by Crippen LogP contribution is -2.49. The smallest absolute Gasteiger partial charge is 0.311 e. The van der Waals surface area contributed by atoms with Gasteiger partial charge in [-0.1, -0.05) is 13.8 Å². The summed E-state index contributed by atoms with van der Waals surface area (Å²) >= 11 is 0. The summed E-state index contributed by atoms with van der Waals surface area (Å²) in [6, 6.07) is 0. The van der Waals surface area contributed by atoms with Crippen molar-refractivity contribution >= 4 is 23.8 Å². The van der Waals surface area contributed by atoms with E-state index in [1.807, 2.05) is 13.8 Å². The molecule has 2 atom stereocenters. The van der Waals surface area contributed by atoms with Crippen LogP contribution in [-0.2, 0) is 28.7 Å². The SMILES string of the molecule is COC(=O)C1CCN(C(=O)[C@@H](OC(=O)[C@H]2CCC(=O)NC2)C(C)C)CC1. The van der Waals surface area contributed by atoms with E-state index in [0.717, 1.165) is 0 Å². The average molecular weight is 368 g/mol. The van der Waals surface area contributed by atoms with Crippen LogP contribution in [0.25, 0.3) is 0 Å². The van der Waals surface area contributed by atoms with Crippen molar-refractivity contribution in [3.63, 3.8) is 0 Å². The predicted octanol–water partition coefficient (Wildman–Crippen LogP) is 0.492. The van der Waals surface area contributed by atoms with Gasteiger partial charge >= 0.3 is 11.9 Å². The fraction of sp³-hybridized carbons (Fsp3) is 0.778. The fourth-order valence-electron chi connectivity index (χ4n) is 3.31. The van der Waals surface area contributed by atoms with Crippen LogP contribution in [0.15, 0.2) is 0 Å². The highest BCUT2D eigenvalue weighted by Gasteiger charge is 2.36. The van der Waals surface area contributed by atoms with Gasteiger partial charge in [0.25, 0.3) is 5.91 Å². The molecular formula is C18H28N2O6. The number of nitrogens with zero attached hydrogens (tertiary/aromatic N) is 1. The monoisotopic (exact) mass is 368 g/mol. The summed E-state index contributed by atoms with van der Waals surface area (Å²) in [6.45, 7) is 4.80. The highest BCUT2D eigenvalue weighted by Crippen LogP contribution is 2.22. The third kappa shape index (κ3) is 4.95. The van der Waals surface area contributed by atoms with E-state index < -0.39 is 18.0 Å². The first kappa shape index (κ1) is 20.2. The van der Waals surface area contributed by atoms with E-state index in [-0.39, 0.29) is 36.2 Å². The molecule has 8 nitrogen and oxygen atoms in total. The Balaban J connectivity index is 1.92. The fourth-order valence-corrected chi connectivity index (χ4v) is 3.31. The Bertz CT molecular complexity index is 544. The number of ether oxygens (including phenoxy) is 2. The highest BCUT2D eigenvalue weighted by atomic mass is 16.5. The van der Waals surface area contributed by atoms with Crippen molar-refractivity contribution in [2.75, 3.05) is 26.7 Å². The number of hydrogen-bond acceptors (Lipinski definition) is 6. The highest BCUT2D eigenvalue weighted by molar-refractivity contribution is 5.86. The Kier molecular flexibility index (Phi) is 6.99. The molecule has 2 aliphatic heterocycles. The van der Waals surface area contributed by atoms with Gasteiger partial charge in [-0.05, 0) is 25.2 Å². The number of methoxy groups -OCH3 is 1. The molecule has 2 amide bonds. The predicted molar refractivity (Wildman–Crippen MR) is 91.8 cm³/mol. The Morgan fingerprint density at radius 3 is 2.23 bits per heavy atom. The van der Waals surface area contributed by atoms with Crippen molar-refractivity contribution in [3.05, 3.63) is 0 Å². The van der Waals surface area contributed by atoms with Crippen molar-refractivity contribution in [1.82, 2.24) is 10.2 Å². The second-order valence-corrected chi connectivity index (χ2v) is 7.26. The van der Waals surface area contributed by atoms with Crippen molar-refractivity contribution < 1.29 is 28.7 Å². The molecule has 0 aromatic heterocycles. The lowest BCUT2D eigenvalue weighted by atomic mass is 9.95. The first-order valence-electron chi connectivity index (χ1n) is 9.17. The molecule has 2 heterocycles. The number of rotatable bonds is 5. The van der Waals surface area contributed by atoms with Crippen LogP contribution < -0.4 is 5.32 Å². The molecule has 0 aromatic carbocycles. The molecule has 0 unspecified atom stereocenters. The summed E-state index contributed by atoms with van der Waals surface area (Å²) in [7, 11) is 1.36. The van der Waals surface area contributed by atoms with Crippen molar-refractivity contribution in [3.8, 4) is 0 Å². The van der Waals surface area contributed by atoms with Gasteiger partial charge < -0.3 is 19.7 Å². The molecule has 0 spiro atoms. The van der Waals surface area contributed by atoms with E-state index in [4.69, 9.17) is 9.47 Å². The lowest BCUT2D eigenvalue weighted by molar-refractivity contribution is -0.168. The Morgan fingerprint density at radius 2 is 1.73 bits per heavy atom. The molecular weight excluding hydrogens is 340 g/mol. The first-order chi connectivity index (χ1) is 12.3. The number of carbonyl (C=O) groups excluding carboxylic acids is 4. The minimum atomic E-state index is -0.852. The minimum Gasteiger partial charge on any atom is -0.469 e. The first-order valence-corrected chi connectivity index (χ1v) is 9.17. The molecule has 0 aromatic rings. The number of likely N-dealkylation sites (tertiary alicyclic amines) is 1. The Morgan fingerprint density at radius 1 is 1.08 bits per heavy atom. The number of amides is 2. The number of carbonyl (C=O) groups is 4. The summed E-state index contributed by atoms with van der Waals surface area (Å²) in [4.78, 5) is 49.7. The molecule has 146 valence electrons. The molecule has 0 radical (unpaired) electrons. The molecule has 2 saturated heterocycles. The van der Waals surface area contributed by atoms with E-state index in [9.17, 15) is 19.2 Å². The van der Waals surface area contributed by atoms with Gasteiger partial charge in [-0.15, -0.1) is 0 Å². The second kappa shape index (κ2) is 9.00. The third-order valence-electron chi connectivity index (χ3n) is 5.03. The molecule has 26 heavy (non-hydrogen) atoms. The van der Waals surface area contributed by atoms with Gasteiger partial charge in [0.1, 0.15) is 0 Å². The van der Waals surface area contributed by atoms with Crippen molar-refractivity contribution in [1.29, 1.82) is 0 Å². The van der Waals surface area contributed by atoms with Crippen LogP contribution in [0.2, 0.25) is 0 Å². The third-order valence-corrected chi connectivity index (χ3v) is 5.03. The van der Waals surface area contributed by atoms with E-state index in [2.05, 4.69) is 5.32 Å². The summed E-state index contributed by atoms with van der Waals surface area (Å²) in [6.07, 6.45) is 0.974. The summed E-state index contributed by atoms with van der Waals surface area (Å²) in [5.41, 5.74) is 0. The van der Waals surface area contributed by atoms with Crippen LogP contribution in [0, 0.1) is 17.8 Å². The number of nitrogens with one attached hydrogen (secondary N) is 1. The second-order valence-electron chi connectivity index (χ2n) is 7.26. The molecule has 2 fully saturated rings. The molecule has 0 bridgehead atoms. The van der Waals surface area contributed by atoms with E-state index in [1.165, 1.54) is 7.11 Å². The summed E-state index contributed by atoms with van der Waals surface area (Å²) < 4.78 is 10.3. The standard InChI is InChI=1S/C18H28N2O6/c1-11(2)15(26-18(24)13-4-5-14(21)19-10-13)16(22)20-8-6-12(7-9-20)17(23)25-3/h11-13,15H,4-10H2,1-3H3,(H,19,21)/t13-,15-/m0/s1. The van der Waals surface area contributed by atoms with Crippen molar-refractivity contribution in [2.24, 2.45) is 17.8 Å². The zero-order chi connectivity index (χ0) is 19.3. The maximum atomic E-state index is 12.8. The molecule has 2 aliphatic rings. The van der Waals surface area contributed by atoms with E-state index in [1.54, 1.807) is 4.90 Å². The van der Waals surface area contributed by atoms with Gasteiger partial charge in [0.2, 0.25) is 5.91 Å². The van der Waals surface area contributed by atoms with Gasteiger partial charge in [-0.25, -0.2) is 0 Å². The molecule has 0 saturated carbocycles. The van der Waals surface area contributed by atoms with E-state index in [0.29, 0.717) is 38.8 Å². The van der Waals surface area contributed by atoms with Gasteiger partial charge in [0, 0.05) is 26.1 Å². The van der Waals surface area contributed by atoms with Crippen LogP contribution in [0.3, 0.4) is 0 Å². The largest absolute Gasteiger partial charge is 0.469 e. The molecule has 1 N–H and O–H groups in total. The molecule has 2 rings (SSSR count). The normalized spacial score (nSPS) is 22.5. The van der Waals surface area contributed by atoms with Gasteiger partial charge in [-0.3, -0.25) is 19.2 Å².